The zero-order valence-corrected chi connectivity index (χ0v) is 11.9. The summed E-state index contributed by atoms with van der Waals surface area (Å²) in [6, 6.07) is 8.69. The summed E-state index contributed by atoms with van der Waals surface area (Å²) in [5, 5.41) is 0. The molecule has 2 atom stereocenters. The van der Waals surface area contributed by atoms with Gasteiger partial charge in [0, 0.05) is 29.7 Å². The number of hydrogen-bond donors (Lipinski definition) is 1. The van der Waals surface area contributed by atoms with Crippen LogP contribution >= 0.6 is 11.8 Å². The second-order valence-corrected chi connectivity index (χ2v) is 6.61. The number of benzene rings is 1. The van der Waals surface area contributed by atoms with Gasteiger partial charge in [-0.2, -0.15) is 0 Å². The van der Waals surface area contributed by atoms with Crippen LogP contribution in [0.25, 0.3) is 0 Å². The summed E-state index contributed by atoms with van der Waals surface area (Å²) in [5.41, 5.74) is 6.92. The van der Waals surface area contributed by atoms with Crippen LogP contribution in [-0.4, -0.2) is 36.2 Å². The predicted molar refractivity (Wildman–Crippen MR) is 78.3 cm³/mol. The second kappa shape index (κ2) is 5.55. The lowest BCUT2D eigenvalue weighted by Crippen LogP contribution is -2.42. The summed E-state index contributed by atoms with van der Waals surface area (Å²) in [4.78, 5) is 15.2. The first-order chi connectivity index (χ1) is 9.24. The molecule has 1 amide bonds. The van der Waals surface area contributed by atoms with Crippen molar-refractivity contribution in [2.75, 3.05) is 25.4 Å². The fourth-order valence-corrected chi connectivity index (χ4v) is 4.39. The zero-order valence-electron chi connectivity index (χ0n) is 11.0. The van der Waals surface area contributed by atoms with E-state index >= 15 is 0 Å². The average Bonchev–Trinajstić information content (AvgIpc) is 2.83. The van der Waals surface area contributed by atoms with Crippen LogP contribution in [0.1, 0.15) is 24.3 Å². The number of amides is 1. The zero-order chi connectivity index (χ0) is 13.2. The molecule has 19 heavy (non-hydrogen) atoms. The van der Waals surface area contributed by atoms with E-state index in [-0.39, 0.29) is 11.8 Å². The summed E-state index contributed by atoms with van der Waals surface area (Å²) in [6.45, 7) is 3.01. The number of hydrogen-bond acceptors (Lipinski definition) is 3. The molecule has 1 aromatic carbocycles. The number of piperidine rings is 1. The molecule has 1 aromatic rings. The number of thioether (sulfide) groups is 1. The van der Waals surface area contributed by atoms with E-state index in [1.807, 2.05) is 11.8 Å². The Morgan fingerprint density at radius 3 is 3.11 bits per heavy atom. The molecule has 2 aliphatic heterocycles. The number of fused-ring (bicyclic) bond motifs is 1. The molecule has 102 valence electrons. The molecule has 3 nitrogen and oxygen atoms in total. The van der Waals surface area contributed by atoms with Gasteiger partial charge < -0.3 is 10.6 Å². The highest BCUT2D eigenvalue weighted by Crippen LogP contribution is 2.39. The number of nitrogens with two attached hydrogens (primary N) is 1. The third kappa shape index (κ3) is 2.79. The summed E-state index contributed by atoms with van der Waals surface area (Å²) in [6.07, 6.45) is 2.05. The van der Waals surface area contributed by atoms with E-state index in [1.165, 1.54) is 10.5 Å². The van der Waals surface area contributed by atoms with Crippen LogP contribution in [0.15, 0.2) is 29.2 Å². The van der Waals surface area contributed by atoms with Gasteiger partial charge in [0.25, 0.3) is 0 Å². The molecule has 1 fully saturated rings. The maximum absolute atomic E-state index is 11.3. The van der Waals surface area contributed by atoms with Gasteiger partial charge in [-0.05, 0) is 31.0 Å². The van der Waals surface area contributed by atoms with E-state index in [1.54, 1.807) is 0 Å². The lowest BCUT2D eigenvalue weighted by molar-refractivity contribution is -0.123. The Hall–Kier alpha value is -1.00. The summed E-state index contributed by atoms with van der Waals surface area (Å²) in [7, 11) is 0. The molecular formula is C15H20N2OS. The number of carbonyl (C=O) groups excluding carboxylic acids is 1. The monoisotopic (exact) mass is 276 g/mol. The van der Waals surface area contributed by atoms with Crippen molar-refractivity contribution in [2.24, 2.45) is 11.7 Å². The summed E-state index contributed by atoms with van der Waals surface area (Å²) >= 11 is 1.95. The van der Waals surface area contributed by atoms with Crippen LogP contribution in [0.3, 0.4) is 0 Å². The third-order valence-electron chi connectivity index (χ3n) is 4.19. The van der Waals surface area contributed by atoms with E-state index < -0.39 is 0 Å². The fraction of sp³-hybridized carbons (Fsp3) is 0.533. The molecule has 3 rings (SSSR count). The van der Waals surface area contributed by atoms with Gasteiger partial charge in [-0.25, -0.2) is 0 Å². The molecule has 0 radical (unpaired) electrons. The summed E-state index contributed by atoms with van der Waals surface area (Å²) in [5.74, 6) is 1.69. The second-order valence-electron chi connectivity index (χ2n) is 5.55. The van der Waals surface area contributed by atoms with Gasteiger partial charge in [-0.15, -0.1) is 11.8 Å². The van der Waals surface area contributed by atoms with Crippen LogP contribution in [0.5, 0.6) is 0 Å². The minimum atomic E-state index is -0.133. The van der Waals surface area contributed by atoms with Gasteiger partial charge in [0.2, 0.25) is 5.91 Å². The Balaban J connectivity index is 1.65. The highest BCUT2D eigenvalue weighted by atomic mass is 32.2. The van der Waals surface area contributed by atoms with Gasteiger partial charge in [-0.3, -0.25) is 4.79 Å². The number of nitrogens with zero attached hydrogens (tertiary/aromatic N) is 1. The Bertz CT molecular complexity index is 477. The Kier molecular flexibility index (Phi) is 3.80. The van der Waals surface area contributed by atoms with Crippen molar-refractivity contribution in [3.8, 4) is 0 Å². The molecule has 2 heterocycles. The van der Waals surface area contributed by atoms with Crippen molar-refractivity contribution in [3.63, 3.8) is 0 Å². The molecule has 0 saturated carbocycles. The maximum Gasteiger partial charge on any atom is 0.221 e. The van der Waals surface area contributed by atoms with Gasteiger partial charge in [0.1, 0.15) is 0 Å². The smallest absolute Gasteiger partial charge is 0.221 e. The van der Waals surface area contributed by atoms with Crippen LogP contribution in [0.2, 0.25) is 0 Å². The highest BCUT2D eigenvalue weighted by molar-refractivity contribution is 7.99. The first-order valence-electron chi connectivity index (χ1n) is 6.97. The normalized spacial score (nSPS) is 27.2. The van der Waals surface area contributed by atoms with E-state index in [4.69, 9.17) is 5.73 Å². The molecule has 2 aliphatic rings. The topological polar surface area (TPSA) is 46.3 Å². The molecular weight excluding hydrogens is 256 g/mol. The fourth-order valence-electron chi connectivity index (χ4n) is 3.15. The Morgan fingerprint density at radius 1 is 1.42 bits per heavy atom. The molecule has 1 saturated heterocycles. The number of rotatable bonds is 3. The standard InChI is InChI=1S/C15H20N2OS/c16-15(18)11-4-3-7-17(8-11)9-12-10-19-14-6-2-1-5-13(12)14/h1-2,5-6,11-12H,3-4,7-10H2,(H2,16,18). The molecule has 4 heteroatoms. The lowest BCUT2D eigenvalue weighted by Gasteiger charge is -2.32. The van der Waals surface area contributed by atoms with Crippen molar-refractivity contribution in [3.05, 3.63) is 29.8 Å². The number of primary amides is 1. The van der Waals surface area contributed by atoms with Gasteiger partial charge in [-0.1, -0.05) is 18.2 Å². The van der Waals surface area contributed by atoms with Gasteiger partial charge >= 0.3 is 0 Å². The van der Waals surface area contributed by atoms with Crippen LogP contribution in [0.4, 0.5) is 0 Å². The lowest BCUT2D eigenvalue weighted by atomic mass is 9.95. The van der Waals surface area contributed by atoms with Crippen molar-refractivity contribution in [2.45, 2.75) is 23.7 Å². The van der Waals surface area contributed by atoms with Gasteiger partial charge in [0.15, 0.2) is 0 Å². The number of carbonyl (C=O) groups is 1. The SMILES string of the molecule is NC(=O)C1CCCN(CC2CSc3ccccc32)C1. The minimum Gasteiger partial charge on any atom is -0.369 e. The molecule has 0 spiro atoms. The van der Waals surface area contributed by atoms with Crippen LogP contribution < -0.4 is 5.73 Å². The van der Waals surface area contributed by atoms with Gasteiger partial charge in [0.05, 0.1) is 5.92 Å². The van der Waals surface area contributed by atoms with E-state index in [0.717, 1.165) is 38.2 Å². The van der Waals surface area contributed by atoms with Crippen molar-refractivity contribution in [1.82, 2.24) is 4.90 Å². The first kappa shape index (κ1) is 13.0. The van der Waals surface area contributed by atoms with Crippen molar-refractivity contribution in [1.29, 1.82) is 0 Å². The first-order valence-corrected chi connectivity index (χ1v) is 7.96. The average molecular weight is 276 g/mol. The molecule has 0 bridgehead atoms. The maximum atomic E-state index is 11.3. The molecule has 0 aliphatic carbocycles. The minimum absolute atomic E-state index is 0.0537. The highest BCUT2D eigenvalue weighted by Gasteiger charge is 2.29. The molecule has 0 aromatic heterocycles. The quantitative estimate of drug-likeness (QED) is 0.919. The third-order valence-corrected chi connectivity index (χ3v) is 5.44. The van der Waals surface area contributed by atoms with E-state index in [0.29, 0.717) is 5.92 Å². The summed E-state index contributed by atoms with van der Waals surface area (Å²) < 4.78 is 0. The van der Waals surface area contributed by atoms with E-state index in [9.17, 15) is 4.79 Å². The van der Waals surface area contributed by atoms with Crippen LogP contribution in [-0.2, 0) is 4.79 Å². The van der Waals surface area contributed by atoms with E-state index in [2.05, 4.69) is 29.2 Å². The Morgan fingerprint density at radius 2 is 2.26 bits per heavy atom. The molecule has 2 unspecified atom stereocenters. The van der Waals surface area contributed by atoms with Crippen molar-refractivity contribution >= 4 is 17.7 Å². The van der Waals surface area contributed by atoms with Crippen LogP contribution in [0, 0.1) is 5.92 Å². The Labute approximate surface area is 118 Å². The number of likely N-dealkylation sites (tertiary alicyclic amines) is 1. The largest absolute Gasteiger partial charge is 0.369 e. The van der Waals surface area contributed by atoms with Crippen molar-refractivity contribution < 1.29 is 4.79 Å². The molecule has 2 N–H and O–H groups in total. The predicted octanol–water partition coefficient (Wildman–Crippen LogP) is 2.07.